The minimum absolute atomic E-state index is 0.000646. The van der Waals surface area contributed by atoms with Crippen molar-refractivity contribution >= 4 is 23.1 Å². The predicted octanol–water partition coefficient (Wildman–Crippen LogP) is 1.24. The number of benzene rings is 1. The smallest absolute Gasteiger partial charge is 0.261 e. The molecular formula is C13H16N2O3S. The van der Waals surface area contributed by atoms with Crippen LogP contribution in [0.15, 0.2) is 18.2 Å². The Hall–Kier alpha value is -1.82. The molecule has 0 aromatic heterocycles. The number of carbonyl (C=O) groups excluding carboxylic acids is 1. The quantitative estimate of drug-likeness (QED) is 0.709. The van der Waals surface area contributed by atoms with Crippen LogP contribution in [0.4, 0.5) is 0 Å². The number of thiocarbonyl (C=S) groups is 1. The number of nitrogens with zero attached hydrogens (tertiary/aromatic N) is 1. The molecule has 2 rings (SSSR count). The van der Waals surface area contributed by atoms with Gasteiger partial charge in [0, 0.05) is 19.0 Å². The number of amides is 1. The molecule has 1 aliphatic heterocycles. The first-order valence-electron chi connectivity index (χ1n) is 6.10. The maximum absolute atomic E-state index is 12.3. The number of piperidine rings is 1. The Morgan fingerprint density at radius 1 is 1.37 bits per heavy atom. The van der Waals surface area contributed by atoms with Gasteiger partial charge >= 0.3 is 0 Å². The van der Waals surface area contributed by atoms with Gasteiger partial charge in [-0.3, -0.25) is 4.79 Å². The fourth-order valence-corrected chi connectivity index (χ4v) is 2.49. The Labute approximate surface area is 116 Å². The number of phenolic OH excluding ortho intramolecular Hbond substituents is 2. The maximum Gasteiger partial charge on any atom is 0.261 e. The lowest BCUT2D eigenvalue weighted by Crippen LogP contribution is -2.43. The molecule has 19 heavy (non-hydrogen) atoms. The summed E-state index contributed by atoms with van der Waals surface area (Å²) in [7, 11) is 0. The first kappa shape index (κ1) is 13.6. The third kappa shape index (κ3) is 2.78. The van der Waals surface area contributed by atoms with Crippen molar-refractivity contribution in [3.05, 3.63) is 23.8 Å². The van der Waals surface area contributed by atoms with Gasteiger partial charge < -0.3 is 20.8 Å². The fourth-order valence-electron chi connectivity index (χ4n) is 2.30. The maximum atomic E-state index is 12.3. The lowest BCUT2D eigenvalue weighted by Gasteiger charge is -2.32. The molecule has 6 heteroatoms. The van der Waals surface area contributed by atoms with Crippen LogP contribution in [0.25, 0.3) is 0 Å². The van der Waals surface area contributed by atoms with Gasteiger partial charge in [0.2, 0.25) is 0 Å². The molecule has 1 aromatic rings. The minimum atomic E-state index is -0.392. The van der Waals surface area contributed by atoms with E-state index >= 15 is 0 Å². The molecule has 1 aliphatic rings. The lowest BCUT2D eigenvalue weighted by atomic mass is 9.97. The molecule has 0 radical (unpaired) electrons. The molecule has 0 aliphatic carbocycles. The van der Waals surface area contributed by atoms with E-state index in [1.165, 1.54) is 18.2 Å². The van der Waals surface area contributed by atoms with E-state index in [4.69, 9.17) is 18.0 Å². The van der Waals surface area contributed by atoms with E-state index in [9.17, 15) is 15.0 Å². The highest BCUT2D eigenvalue weighted by molar-refractivity contribution is 7.80. The molecule has 5 nitrogen and oxygen atoms in total. The number of aromatic hydroxyl groups is 2. The number of phenols is 2. The Morgan fingerprint density at radius 3 is 2.58 bits per heavy atom. The first-order valence-corrected chi connectivity index (χ1v) is 6.51. The zero-order chi connectivity index (χ0) is 14.0. The monoisotopic (exact) mass is 280 g/mol. The van der Waals surface area contributed by atoms with Crippen molar-refractivity contribution in [2.75, 3.05) is 13.1 Å². The van der Waals surface area contributed by atoms with Crippen molar-refractivity contribution in [1.82, 2.24) is 4.90 Å². The molecule has 1 unspecified atom stereocenters. The molecule has 1 heterocycles. The van der Waals surface area contributed by atoms with Crippen LogP contribution < -0.4 is 5.73 Å². The van der Waals surface area contributed by atoms with Gasteiger partial charge in [0.1, 0.15) is 17.1 Å². The molecule has 1 fully saturated rings. The molecule has 1 aromatic carbocycles. The normalized spacial score (nSPS) is 19.2. The second-order valence-electron chi connectivity index (χ2n) is 4.66. The van der Waals surface area contributed by atoms with Crippen LogP contribution in [0, 0.1) is 5.92 Å². The summed E-state index contributed by atoms with van der Waals surface area (Å²) in [5.41, 5.74) is 5.56. The van der Waals surface area contributed by atoms with Crippen LogP contribution in [-0.4, -0.2) is 39.1 Å². The number of hydrogen-bond donors (Lipinski definition) is 3. The van der Waals surface area contributed by atoms with E-state index < -0.39 is 5.91 Å². The molecule has 1 saturated heterocycles. The van der Waals surface area contributed by atoms with Gasteiger partial charge in [-0.15, -0.1) is 0 Å². The van der Waals surface area contributed by atoms with Gasteiger partial charge in [-0.2, -0.15) is 0 Å². The summed E-state index contributed by atoms with van der Waals surface area (Å²) in [6, 6.07) is 4.24. The number of likely N-dealkylation sites (tertiary alicyclic amines) is 1. The number of carbonyl (C=O) groups is 1. The lowest BCUT2D eigenvalue weighted by molar-refractivity contribution is 0.0697. The largest absolute Gasteiger partial charge is 0.507 e. The van der Waals surface area contributed by atoms with Crippen LogP contribution in [0.1, 0.15) is 23.2 Å². The summed E-state index contributed by atoms with van der Waals surface area (Å²) in [5.74, 6) is -0.831. The molecule has 0 spiro atoms. The van der Waals surface area contributed by atoms with Gasteiger partial charge in [0.15, 0.2) is 0 Å². The van der Waals surface area contributed by atoms with E-state index in [2.05, 4.69) is 0 Å². The topological polar surface area (TPSA) is 86.8 Å². The van der Waals surface area contributed by atoms with Gasteiger partial charge in [-0.05, 0) is 25.0 Å². The van der Waals surface area contributed by atoms with Gasteiger partial charge in [0.05, 0.1) is 4.99 Å². The summed E-state index contributed by atoms with van der Waals surface area (Å²) < 4.78 is 0. The van der Waals surface area contributed by atoms with E-state index in [1.54, 1.807) is 4.90 Å². The number of rotatable bonds is 2. The third-order valence-electron chi connectivity index (χ3n) is 3.35. The Kier molecular flexibility index (Phi) is 3.90. The van der Waals surface area contributed by atoms with Crippen LogP contribution in [0.2, 0.25) is 0 Å². The van der Waals surface area contributed by atoms with Crippen LogP contribution in [0.5, 0.6) is 11.5 Å². The molecular weight excluding hydrogens is 264 g/mol. The molecule has 102 valence electrons. The zero-order valence-corrected chi connectivity index (χ0v) is 11.2. The van der Waals surface area contributed by atoms with E-state index in [1.807, 2.05) is 0 Å². The summed E-state index contributed by atoms with van der Waals surface area (Å²) in [4.78, 5) is 14.3. The predicted molar refractivity (Wildman–Crippen MR) is 75.2 cm³/mol. The first-order chi connectivity index (χ1) is 9.00. The molecule has 1 amide bonds. The Bertz CT molecular complexity index is 498. The summed E-state index contributed by atoms with van der Waals surface area (Å²) in [6.07, 6.45) is 1.67. The average Bonchev–Trinajstić information content (AvgIpc) is 2.38. The Balaban J connectivity index is 2.22. The van der Waals surface area contributed by atoms with E-state index in [-0.39, 0.29) is 23.0 Å². The SMILES string of the molecule is NC(=S)C1CCCN(C(=O)c2c(O)cccc2O)C1. The number of hydrogen-bond acceptors (Lipinski definition) is 4. The van der Waals surface area contributed by atoms with Crippen molar-refractivity contribution in [3.63, 3.8) is 0 Å². The van der Waals surface area contributed by atoms with Crippen LogP contribution in [-0.2, 0) is 0 Å². The van der Waals surface area contributed by atoms with Crippen molar-refractivity contribution in [3.8, 4) is 11.5 Å². The average molecular weight is 280 g/mol. The van der Waals surface area contributed by atoms with Crippen molar-refractivity contribution in [1.29, 1.82) is 0 Å². The van der Waals surface area contributed by atoms with Crippen LogP contribution in [0.3, 0.4) is 0 Å². The summed E-state index contributed by atoms with van der Waals surface area (Å²) in [5, 5.41) is 19.4. The standard InChI is InChI=1S/C13H16N2O3S/c14-12(19)8-3-2-6-15(7-8)13(18)11-9(16)4-1-5-10(11)17/h1,4-5,8,16-17H,2-3,6-7H2,(H2,14,19). The fraction of sp³-hybridized carbons (Fsp3) is 0.385. The Morgan fingerprint density at radius 2 is 2.00 bits per heavy atom. The molecule has 0 bridgehead atoms. The summed E-state index contributed by atoms with van der Waals surface area (Å²) >= 11 is 4.96. The van der Waals surface area contributed by atoms with Crippen molar-refractivity contribution in [2.45, 2.75) is 12.8 Å². The minimum Gasteiger partial charge on any atom is -0.507 e. The summed E-state index contributed by atoms with van der Waals surface area (Å²) in [6.45, 7) is 1.01. The van der Waals surface area contributed by atoms with E-state index in [0.717, 1.165) is 12.8 Å². The second kappa shape index (κ2) is 5.44. The number of nitrogens with two attached hydrogens (primary N) is 1. The van der Waals surface area contributed by atoms with Crippen molar-refractivity contribution in [2.24, 2.45) is 11.7 Å². The molecule has 4 N–H and O–H groups in total. The highest BCUT2D eigenvalue weighted by Crippen LogP contribution is 2.29. The highest BCUT2D eigenvalue weighted by Gasteiger charge is 2.28. The van der Waals surface area contributed by atoms with Crippen molar-refractivity contribution < 1.29 is 15.0 Å². The third-order valence-corrected chi connectivity index (χ3v) is 3.68. The van der Waals surface area contributed by atoms with Crippen LogP contribution >= 0.6 is 12.2 Å². The molecule has 0 saturated carbocycles. The highest BCUT2D eigenvalue weighted by atomic mass is 32.1. The second-order valence-corrected chi connectivity index (χ2v) is 5.14. The van der Waals surface area contributed by atoms with E-state index in [0.29, 0.717) is 18.1 Å². The van der Waals surface area contributed by atoms with Gasteiger partial charge in [0.25, 0.3) is 5.91 Å². The molecule has 1 atom stereocenters. The zero-order valence-electron chi connectivity index (χ0n) is 10.4. The van der Waals surface area contributed by atoms with Gasteiger partial charge in [-0.25, -0.2) is 0 Å². The van der Waals surface area contributed by atoms with Gasteiger partial charge in [-0.1, -0.05) is 18.3 Å².